The summed E-state index contributed by atoms with van der Waals surface area (Å²) in [5.41, 5.74) is 0. The molecule has 7 heteroatoms. The van der Waals surface area contributed by atoms with Crippen molar-refractivity contribution in [3.63, 3.8) is 0 Å². The van der Waals surface area contributed by atoms with Gasteiger partial charge < -0.3 is 19.9 Å². The van der Waals surface area contributed by atoms with Crippen LogP contribution in [0.4, 0.5) is 0 Å². The zero-order valence-electron chi connectivity index (χ0n) is 18.3. The van der Waals surface area contributed by atoms with Gasteiger partial charge in [-0.05, 0) is 57.9 Å². The summed E-state index contributed by atoms with van der Waals surface area (Å²) in [5.74, 6) is 2.41. The summed E-state index contributed by atoms with van der Waals surface area (Å²) >= 11 is 0. The standard InChI is InChI=1S/C21H40N4O2.HI/c1-5-22-21(25-12-9-19(10-13-25)20(26)27-6-2)23-14-18-8-7-11-24(16-18)15-17(3)4;/h17-19H,5-16H2,1-4H3,(H,22,23);1H. The van der Waals surface area contributed by atoms with Crippen LogP contribution < -0.4 is 5.32 Å². The van der Waals surface area contributed by atoms with Crippen LogP contribution in [0.2, 0.25) is 0 Å². The second kappa shape index (κ2) is 13.6. The van der Waals surface area contributed by atoms with Gasteiger partial charge in [0.05, 0.1) is 12.5 Å². The van der Waals surface area contributed by atoms with Crippen molar-refractivity contribution in [2.45, 2.75) is 53.4 Å². The number of likely N-dealkylation sites (tertiary alicyclic amines) is 2. The quantitative estimate of drug-likeness (QED) is 0.248. The first-order valence-electron chi connectivity index (χ1n) is 11.0. The van der Waals surface area contributed by atoms with Crippen LogP contribution in [0.15, 0.2) is 4.99 Å². The third-order valence-electron chi connectivity index (χ3n) is 5.48. The molecule has 0 amide bonds. The number of hydrogen-bond donors (Lipinski definition) is 1. The molecule has 2 fully saturated rings. The Morgan fingerprint density at radius 2 is 1.89 bits per heavy atom. The Morgan fingerprint density at radius 1 is 1.18 bits per heavy atom. The van der Waals surface area contributed by atoms with E-state index in [0.717, 1.165) is 50.9 Å². The first kappa shape index (κ1) is 25.5. The van der Waals surface area contributed by atoms with Crippen molar-refractivity contribution in [3.05, 3.63) is 0 Å². The number of aliphatic imine (C=N–C) groups is 1. The number of nitrogens with one attached hydrogen (secondary N) is 1. The number of carbonyl (C=O) groups excluding carboxylic acids is 1. The maximum absolute atomic E-state index is 11.9. The highest BCUT2D eigenvalue weighted by molar-refractivity contribution is 14.0. The molecule has 2 aliphatic rings. The lowest BCUT2D eigenvalue weighted by atomic mass is 9.97. The Morgan fingerprint density at radius 3 is 2.50 bits per heavy atom. The van der Waals surface area contributed by atoms with Gasteiger partial charge in [0.25, 0.3) is 0 Å². The third-order valence-corrected chi connectivity index (χ3v) is 5.48. The molecule has 1 N–H and O–H groups in total. The number of esters is 1. The van der Waals surface area contributed by atoms with Gasteiger partial charge in [-0.3, -0.25) is 9.79 Å². The van der Waals surface area contributed by atoms with E-state index in [1.165, 1.54) is 32.5 Å². The van der Waals surface area contributed by atoms with E-state index in [9.17, 15) is 4.79 Å². The second-order valence-electron chi connectivity index (χ2n) is 8.37. The molecule has 2 rings (SSSR count). The number of rotatable bonds is 7. The Balaban J connectivity index is 0.00000392. The number of guanidine groups is 1. The van der Waals surface area contributed by atoms with Gasteiger partial charge in [-0.25, -0.2) is 0 Å². The van der Waals surface area contributed by atoms with E-state index in [1.807, 2.05) is 6.92 Å². The van der Waals surface area contributed by atoms with Crippen molar-refractivity contribution in [2.75, 3.05) is 52.4 Å². The molecule has 0 aliphatic carbocycles. The maximum Gasteiger partial charge on any atom is 0.309 e. The average Bonchev–Trinajstić information content (AvgIpc) is 2.65. The van der Waals surface area contributed by atoms with Crippen LogP contribution in [-0.4, -0.2) is 74.1 Å². The molecule has 0 spiro atoms. The Bertz CT molecular complexity index is 479. The molecule has 0 saturated carbocycles. The molecular weight excluding hydrogens is 467 g/mol. The van der Waals surface area contributed by atoms with Crippen LogP contribution in [0.5, 0.6) is 0 Å². The highest BCUT2D eigenvalue weighted by atomic mass is 127. The smallest absolute Gasteiger partial charge is 0.309 e. The molecule has 0 aromatic carbocycles. The number of nitrogens with zero attached hydrogens (tertiary/aromatic N) is 3. The topological polar surface area (TPSA) is 57.2 Å². The first-order valence-corrected chi connectivity index (χ1v) is 11.0. The van der Waals surface area contributed by atoms with Crippen molar-refractivity contribution < 1.29 is 9.53 Å². The number of carbonyl (C=O) groups is 1. The molecule has 6 nitrogen and oxygen atoms in total. The SMILES string of the molecule is CCNC(=NCC1CCCN(CC(C)C)C1)N1CCC(C(=O)OCC)CC1.I. The van der Waals surface area contributed by atoms with E-state index < -0.39 is 0 Å². The van der Waals surface area contributed by atoms with Crippen molar-refractivity contribution >= 4 is 35.9 Å². The van der Waals surface area contributed by atoms with Gasteiger partial charge in [0, 0.05) is 39.3 Å². The fraction of sp³-hybridized carbons (Fsp3) is 0.905. The molecule has 1 atom stereocenters. The largest absolute Gasteiger partial charge is 0.466 e. The number of piperidine rings is 2. The van der Waals surface area contributed by atoms with Crippen LogP contribution in [0.3, 0.4) is 0 Å². The van der Waals surface area contributed by atoms with Gasteiger partial charge in [0.1, 0.15) is 0 Å². The molecule has 0 aromatic rings. The average molecular weight is 508 g/mol. The van der Waals surface area contributed by atoms with Gasteiger partial charge in [0.2, 0.25) is 0 Å². The van der Waals surface area contributed by atoms with Crippen molar-refractivity contribution in [1.82, 2.24) is 15.1 Å². The number of ether oxygens (including phenoxy) is 1. The van der Waals surface area contributed by atoms with E-state index in [2.05, 4.69) is 35.9 Å². The van der Waals surface area contributed by atoms with Gasteiger partial charge in [-0.2, -0.15) is 0 Å². The molecule has 1 unspecified atom stereocenters. The minimum atomic E-state index is -0.0356. The summed E-state index contributed by atoms with van der Waals surface area (Å²) < 4.78 is 5.18. The fourth-order valence-electron chi connectivity index (χ4n) is 4.21. The highest BCUT2D eigenvalue weighted by Crippen LogP contribution is 2.20. The highest BCUT2D eigenvalue weighted by Gasteiger charge is 2.27. The molecule has 2 saturated heterocycles. The van der Waals surface area contributed by atoms with E-state index in [0.29, 0.717) is 12.5 Å². The summed E-state index contributed by atoms with van der Waals surface area (Å²) in [6.07, 6.45) is 4.28. The molecule has 0 bridgehead atoms. The lowest BCUT2D eigenvalue weighted by Gasteiger charge is -2.35. The van der Waals surface area contributed by atoms with Crippen LogP contribution in [0, 0.1) is 17.8 Å². The summed E-state index contributed by atoms with van der Waals surface area (Å²) in [6, 6.07) is 0. The van der Waals surface area contributed by atoms with Crippen LogP contribution in [0.25, 0.3) is 0 Å². The molecule has 164 valence electrons. The van der Waals surface area contributed by atoms with Crippen molar-refractivity contribution in [1.29, 1.82) is 0 Å². The minimum absolute atomic E-state index is 0. The number of hydrogen-bond acceptors (Lipinski definition) is 4. The molecule has 0 aromatic heterocycles. The predicted octanol–water partition coefficient (Wildman–Crippen LogP) is 3.21. The monoisotopic (exact) mass is 508 g/mol. The fourth-order valence-corrected chi connectivity index (χ4v) is 4.21. The van der Waals surface area contributed by atoms with E-state index in [-0.39, 0.29) is 35.9 Å². The van der Waals surface area contributed by atoms with Crippen molar-refractivity contribution in [3.8, 4) is 0 Å². The lowest BCUT2D eigenvalue weighted by Crippen LogP contribution is -2.47. The zero-order valence-corrected chi connectivity index (χ0v) is 20.6. The molecule has 2 aliphatic heterocycles. The molecule has 0 radical (unpaired) electrons. The molecule has 28 heavy (non-hydrogen) atoms. The predicted molar refractivity (Wildman–Crippen MR) is 126 cm³/mol. The van der Waals surface area contributed by atoms with Crippen molar-refractivity contribution in [2.24, 2.45) is 22.7 Å². The van der Waals surface area contributed by atoms with E-state index in [1.54, 1.807) is 0 Å². The van der Waals surface area contributed by atoms with E-state index >= 15 is 0 Å². The second-order valence-corrected chi connectivity index (χ2v) is 8.37. The van der Waals surface area contributed by atoms with Gasteiger partial charge in [-0.1, -0.05) is 13.8 Å². The maximum atomic E-state index is 11.9. The minimum Gasteiger partial charge on any atom is -0.466 e. The van der Waals surface area contributed by atoms with Crippen LogP contribution >= 0.6 is 24.0 Å². The summed E-state index contributed by atoms with van der Waals surface area (Å²) in [5, 5.41) is 3.45. The summed E-state index contributed by atoms with van der Waals surface area (Å²) in [4.78, 5) is 21.8. The van der Waals surface area contributed by atoms with Crippen LogP contribution in [-0.2, 0) is 9.53 Å². The Hall–Kier alpha value is -0.570. The van der Waals surface area contributed by atoms with Gasteiger partial charge in [0.15, 0.2) is 5.96 Å². The summed E-state index contributed by atoms with van der Waals surface area (Å²) in [6.45, 7) is 16.2. The van der Waals surface area contributed by atoms with Gasteiger partial charge >= 0.3 is 5.97 Å². The molecule has 2 heterocycles. The Labute approximate surface area is 188 Å². The zero-order chi connectivity index (χ0) is 19.6. The van der Waals surface area contributed by atoms with Gasteiger partial charge in [-0.15, -0.1) is 24.0 Å². The number of halogens is 1. The van der Waals surface area contributed by atoms with E-state index in [4.69, 9.17) is 9.73 Å². The lowest BCUT2D eigenvalue weighted by molar-refractivity contribution is -0.149. The third kappa shape index (κ3) is 8.43. The molecular formula is C21H41IN4O2. The Kier molecular flexibility index (Phi) is 12.4. The first-order chi connectivity index (χ1) is 13.0. The normalized spacial score (nSPS) is 22.1. The summed E-state index contributed by atoms with van der Waals surface area (Å²) in [7, 11) is 0. The van der Waals surface area contributed by atoms with Crippen LogP contribution in [0.1, 0.15) is 53.4 Å².